The van der Waals surface area contributed by atoms with Gasteiger partial charge in [-0.25, -0.2) is 0 Å². The van der Waals surface area contributed by atoms with Gasteiger partial charge in [0.2, 0.25) is 0 Å². The maximum Gasteiger partial charge on any atom is 0.0579 e. The van der Waals surface area contributed by atoms with Gasteiger partial charge in [0.15, 0.2) is 0 Å². The van der Waals surface area contributed by atoms with Gasteiger partial charge in [0.25, 0.3) is 0 Å². The lowest BCUT2D eigenvalue weighted by molar-refractivity contribution is -0.0698. The first-order chi connectivity index (χ1) is 18.6. The standard InChI is InChI=1S/C36H68O.C2H6/c1-9-28(10-2)29(11-3)13-12-26-35(5,6)30-16-18-31(19-17-30)36(7,8)32-20-24-34(25-21-32)37-33-22-14-27(4)15-23-33;1-2/h27-34H,9-26H2,1-8H3;1-2H3. The average molecular weight is 547 g/mol. The van der Waals surface area contributed by atoms with Crippen LogP contribution < -0.4 is 0 Å². The molecule has 3 aliphatic rings. The molecule has 0 aliphatic heterocycles. The number of ether oxygens (including phenoxy) is 1. The number of rotatable bonds is 13. The molecule has 3 fully saturated rings. The predicted octanol–water partition coefficient (Wildman–Crippen LogP) is 12.7. The Morgan fingerprint density at radius 1 is 0.590 bits per heavy atom. The Hall–Kier alpha value is -0.0400. The molecule has 0 aromatic heterocycles. The topological polar surface area (TPSA) is 9.23 Å². The summed E-state index contributed by atoms with van der Waals surface area (Å²) in [6.07, 6.45) is 26.3. The van der Waals surface area contributed by atoms with Gasteiger partial charge < -0.3 is 4.74 Å². The summed E-state index contributed by atoms with van der Waals surface area (Å²) in [5.74, 6) is 5.60. The molecular weight excluding hydrogens is 472 g/mol. The maximum atomic E-state index is 6.62. The van der Waals surface area contributed by atoms with Crippen molar-refractivity contribution in [2.75, 3.05) is 0 Å². The first-order valence-corrected chi connectivity index (χ1v) is 18.3. The van der Waals surface area contributed by atoms with E-state index in [0.717, 1.165) is 35.5 Å². The Bertz CT molecular complexity index is 607. The van der Waals surface area contributed by atoms with Gasteiger partial charge in [0, 0.05) is 0 Å². The highest BCUT2D eigenvalue weighted by Crippen LogP contribution is 2.52. The average Bonchev–Trinajstić information content (AvgIpc) is 2.95. The van der Waals surface area contributed by atoms with Gasteiger partial charge in [0.05, 0.1) is 12.2 Å². The van der Waals surface area contributed by atoms with Crippen LogP contribution >= 0.6 is 0 Å². The van der Waals surface area contributed by atoms with E-state index in [2.05, 4.69) is 55.4 Å². The van der Waals surface area contributed by atoms with E-state index < -0.39 is 0 Å². The lowest BCUT2D eigenvalue weighted by atomic mass is 9.57. The molecule has 0 saturated heterocycles. The molecule has 39 heavy (non-hydrogen) atoms. The van der Waals surface area contributed by atoms with Crippen LogP contribution in [0, 0.1) is 46.3 Å². The van der Waals surface area contributed by atoms with Crippen LogP contribution in [-0.4, -0.2) is 12.2 Å². The largest absolute Gasteiger partial charge is 0.375 e. The van der Waals surface area contributed by atoms with Crippen molar-refractivity contribution >= 4 is 0 Å². The second-order valence-corrected chi connectivity index (χ2v) is 15.5. The molecule has 0 bridgehead atoms. The summed E-state index contributed by atoms with van der Waals surface area (Å²) in [4.78, 5) is 0. The highest BCUT2D eigenvalue weighted by atomic mass is 16.5. The molecule has 0 radical (unpaired) electrons. The van der Waals surface area contributed by atoms with Crippen LogP contribution in [0.4, 0.5) is 0 Å². The minimum Gasteiger partial charge on any atom is -0.375 e. The van der Waals surface area contributed by atoms with E-state index in [-0.39, 0.29) is 0 Å². The second kappa shape index (κ2) is 17.2. The van der Waals surface area contributed by atoms with E-state index >= 15 is 0 Å². The van der Waals surface area contributed by atoms with Gasteiger partial charge in [-0.05, 0) is 130 Å². The van der Waals surface area contributed by atoms with Crippen LogP contribution in [0.15, 0.2) is 0 Å². The minimum absolute atomic E-state index is 0.504. The van der Waals surface area contributed by atoms with Crippen molar-refractivity contribution < 1.29 is 4.74 Å². The normalized spacial score (nSPS) is 31.5. The third-order valence-electron chi connectivity index (χ3n) is 12.6. The molecule has 0 aromatic carbocycles. The fourth-order valence-corrected chi connectivity index (χ4v) is 9.29. The Balaban J connectivity index is 0.00000260. The van der Waals surface area contributed by atoms with Gasteiger partial charge >= 0.3 is 0 Å². The summed E-state index contributed by atoms with van der Waals surface area (Å²) >= 11 is 0. The van der Waals surface area contributed by atoms with E-state index in [1.807, 2.05) is 13.8 Å². The SMILES string of the molecule is CC.CCC(CC)C(CC)CCCC(C)(C)C1CCC(C(C)(C)C2CCC(OC3CCC(C)CC3)CC2)CC1. The van der Waals surface area contributed by atoms with Crippen molar-refractivity contribution in [1.82, 2.24) is 0 Å². The zero-order valence-electron chi connectivity index (χ0n) is 28.8. The zero-order valence-corrected chi connectivity index (χ0v) is 28.8. The van der Waals surface area contributed by atoms with Crippen LogP contribution in [0.1, 0.15) is 185 Å². The molecule has 3 aliphatic carbocycles. The van der Waals surface area contributed by atoms with E-state index in [0.29, 0.717) is 23.0 Å². The number of hydrogen-bond donors (Lipinski definition) is 0. The molecule has 0 heterocycles. The molecule has 0 spiro atoms. The van der Waals surface area contributed by atoms with Crippen molar-refractivity contribution in [2.45, 2.75) is 197 Å². The van der Waals surface area contributed by atoms with Crippen molar-refractivity contribution in [1.29, 1.82) is 0 Å². The third kappa shape index (κ3) is 10.3. The molecule has 3 saturated carbocycles. The fraction of sp³-hybridized carbons (Fsp3) is 1.00. The van der Waals surface area contributed by atoms with Gasteiger partial charge in [-0.2, -0.15) is 0 Å². The molecule has 0 N–H and O–H groups in total. The van der Waals surface area contributed by atoms with Crippen molar-refractivity contribution in [2.24, 2.45) is 46.3 Å². The van der Waals surface area contributed by atoms with E-state index in [9.17, 15) is 0 Å². The summed E-state index contributed by atoms with van der Waals surface area (Å²) in [6, 6.07) is 0. The first-order valence-electron chi connectivity index (χ1n) is 18.3. The highest BCUT2D eigenvalue weighted by Gasteiger charge is 2.43. The summed E-state index contributed by atoms with van der Waals surface area (Å²) in [5, 5.41) is 0. The molecule has 232 valence electrons. The van der Waals surface area contributed by atoms with Crippen LogP contribution in [-0.2, 0) is 4.74 Å². The van der Waals surface area contributed by atoms with E-state index in [1.165, 1.54) is 116 Å². The first kappa shape index (κ1) is 35.2. The van der Waals surface area contributed by atoms with Gasteiger partial charge in [-0.3, -0.25) is 0 Å². The molecule has 1 unspecified atom stereocenters. The lowest BCUT2D eigenvalue weighted by Gasteiger charge is -2.49. The summed E-state index contributed by atoms with van der Waals surface area (Å²) in [6.45, 7) is 24.1. The van der Waals surface area contributed by atoms with Crippen LogP contribution in [0.2, 0.25) is 0 Å². The minimum atomic E-state index is 0.504. The molecule has 1 heteroatoms. The van der Waals surface area contributed by atoms with E-state index in [4.69, 9.17) is 4.74 Å². The quantitative estimate of drug-likeness (QED) is 0.223. The van der Waals surface area contributed by atoms with Crippen molar-refractivity contribution in [3.05, 3.63) is 0 Å². The van der Waals surface area contributed by atoms with Crippen molar-refractivity contribution in [3.8, 4) is 0 Å². The van der Waals surface area contributed by atoms with Gasteiger partial charge in [0.1, 0.15) is 0 Å². The monoisotopic (exact) mass is 547 g/mol. The summed E-state index contributed by atoms with van der Waals surface area (Å²) in [7, 11) is 0. The zero-order chi connectivity index (χ0) is 29.1. The predicted molar refractivity (Wildman–Crippen MR) is 174 cm³/mol. The van der Waals surface area contributed by atoms with Crippen LogP contribution in [0.25, 0.3) is 0 Å². The van der Waals surface area contributed by atoms with Crippen LogP contribution in [0.5, 0.6) is 0 Å². The molecule has 1 nitrogen and oxygen atoms in total. The lowest BCUT2D eigenvalue weighted by Crippen LogP contribution is -2.40. The Kier molecular flexibility index (Phi) is 15.5. The molecule has 3 rings (SSSR count). The maximum absolute atomic E-state index is 6.62. The second-order valence-electron chi connectivity index (χ2n) is 15.5. The molecular formula is C38H74O. The summed E-state index contributed by atoms with van der Waals surface area (Å²) < 4.78 is 6.62. The molecule has 0 aromatic rings. The van der Waals surface area contributed by atoms with Crippen LogP contribution in [0.3, 0.4) is 0 Å². The Morgan fingerprint density at radius 3 is 1.46 bits per heavy atom. The molecule has 0 amide bonds. The summed E-state index contributed by atoms with van der Waals surface area (Å²) in [5.41, 5.74) is 1.03. The van der Waals surface area contributed by atoms with Crippen molar-refractivity contribution in [3.63, 3.8) is 0 Å². The van der Waals surface area contributed by atoms with E-state index in [1.54, 1.807) is 0 Å². The van der Waals surface area contributed by atoms with Gasteiger partial charge in [-0.1, -0.05) is 101 Å². The fourth-order valence-electron chi connectivity index (χ4n) is 9.29. The number of hydrogen-bond acceptors (Lipinski definition) is 1. The Labute approximate surface area is 247 Å². The smallest absolute Gasteiger partial charge is 0.0579 e. The Morgan fingerprint density at radius 2 is 1.00 bits per heavy atom. The third-order valence-corrected chi connectivity index (χ3v) is 12.6. The molecule has 1 atom stereocenters. The highest BCUT2D eigenvalue weighted by molar-refractivity contribution is 4.93. The van der Waals surface area contributed by atoms with Gasteiger partial charge in [-0.15, -0.1) is 0 Å².